The number of carbonyl (C=O) groups is 1. The zero-order valence-electron chi connectivity index (χ0n) is 26.3. The van der Waals surface area contributed by atoms with Crippen molar-refractivity contribution in [3.63, 3.8) is 0 Å². The maximum atomic E-state index is 10.7. The number of aldehydes is 1. The van der Waals surface area contributed by atoms with E-state index in [0.29, 0.717) is 29.0 Å². The molecule has 6 atom stereocenters. The smallest absolute Gasteiger partial charge is 0.150 e. The summed E-state index contributed by atoms with van der Waals surface area (Å²) in [5.41, 5.74) is 4.09. The minimum absolute atomic E-state index is 0.121. The summed E-state index contributed by atoms with van der Waals surface area (Å²) in [4.78, 5) is 12.6. The van der Waals surface area contributed by atoms with Gasteiger partial charge in [0, 0.05) is 23.6 Å². The van der Waals surface area contributed by atoms with E-state index in [2.05, 4.69) is 62.5 Å². The summed E-state index contributed by atoms with van der Waals surface area (Å²) in [6.07, 6.45) is 10.9. The van der Waals surface area contributed by atoms with Crippen LogP contribution in [0, 0.1) is 23.2 Å². The minimum Gasteiger partial charge on any atom is -0.508 e. The van der Waals surface area contributed by atoms with Crippen molar-refractivity contribution in [3.8, 4) is 5.75 Å². The largest absolute Gasteiger partial charge is 0.508 e. The molecule has 2 aromatic carbocycles. The number of hydrogen-bond acceptors (Lipinski definition) is 5. The number of rotatable bonds is 10. The van der Waals surface area contributed by atoms with Crippen molar-refractivity contribution in [3.05, 3.63) is 65.2 Å². The highest BCUT2D eigenvalue weighted by molar-refractivity contribution is 5.74. The predicted molar refractivity (Wildman–Crippen MR) is 171 cm³/mol. The number of piperidine rings is 1. The van der Waals surface area contributed by atoms with Crippen LogP contribution in [0.1, 0.15) is 87.2 Å². The zero-order chi connectivity index (χ0) is 29.5. The molecule has 1 saturated heterocycles. The third kappa shape index (κ3) is 6.58. The van der Waals surface area contributed by atoms with E-state index in [0.717, 1.165) is 30.7 Å². The molecule has 0 spiro atoms. The lowest BCUT2D eigenvalue weighted by atomic mass is 9.49. The van der Waals surface area contributed by atoms with Gasteiger partial charge in [0.2, 0.25) is 0 Å². The number of hydrogen-bond donors (Lipinski definition) is 3. The second kappa shape index (κ2) is 14.3. The Balaban J connectivity index is 0.000000417. The molecule has 226 valence electrons. The van der Waals surface area contributed by atoms with Crippen LogP contribution in [0.15, 0.2) is 48.5 Å². The van der Waals surface area contributed by atoms with Crippen LogP contribution in [0.25, 0.3) is 0 Å². The highest BCUT2D eigenvalue weighted by Crippen LogP contribution is 2.69. The van der Waals surface area contributed by atoms with Gasteiger partial charge in [0.05, 0.1) is 0 Å². The summed E-state index contributed by atoms with van der Waals surface area (Å²) in [5, 5.41) is 18.0. The second-order valence-electron chi connectivity index (χ2n) is 13.2. The number of phenols is 1. The highest BCUT2D eigenvalue weighted by Gasteiger charge is 2.66. The van der Waals surface area contributed by atoms with Crippen molar-refractivity contribution in [2.75, 3.05) is 40.3 Å². The van der Waals surface area contributed by atoms with Crippen LogP contribution in [0.2, 0.25) is 0 Å². The Morgan fingerprint density at radius 1 is 1.15 bits per heavy atom. The summed E-state index contributed by atoms with van der Waals surface area (Å²) >= 11 is 0. The van der Waals surface area contributed by atoms with Crippen LogP contribution >= 0.6 is 0 Å². The highest BCUT2D eigenvalue weighted by atomic mass is 16.3. The molecule has 2 aliphatic carbocycles. The molecule has 5 heteroatoms. The standard InChI is InChI=1S/C29H49N3O.C7H6O/c1-6-23-10-11-24(33)17-25(23)29(14-16-32(5)20-22-9-8-15-31-19-22)27-21(3)18-28(29,7-2)13-12-26(27)30-4;8-6-7-4-2-1-3-5-7/h10-11,17,21-22,26-27,30-31,33H,6-9,12-16,18-20H2,1-5H3;1-6H/t21-,22?,26?,27?,28?,29?;/m0./s1. The van der Waals surface area contributed by atoms with Crippen LogP contribution in [0.4, 0.5) is 0 Å². The molecule has 5 rings (SSSR count). The number of nitrogens with one attached hydrogen (secondary N) is 2. The Labute approximate surface area is 249 Å². The van der Waals surface area contributed by atoms with Gasteiger partial charge in [0.25, 0.3) is 0 Å². The average Bonchev–Trinajstić information content (AvgIpc) is 3.15. The van der Waals surface area contributed by atoms with Gasteiger partial charge in [-0.3, -0.25) is 4.79 Å². The number of aryl methyl sites for hydroxylation is 1. The molecule has 0 aromatic heterocycles. The van der Waals surface area contributed by atoms with Gasteiger partial charge < -0.3 is 20.6 Å². The molecule has 3 aliphatic rings. The zero-order valence-corrected chi connectivity index (χ0v) is 26.3. The first-order valence-corrected chi connectivity index (χ1v) is 16.2. The van der Waals surface area contributed by atoms with E-state index in [1.165, 1.54) is 75.7 Å². The van der Waals surface area contributed by atoms with Gasteiger partial charge in [-0.2, -0.15) is 0 Å². The molecular formula is C36H55N3O2. The number of aromatic hydroxyl groups is 1. The first-order chi connectivity index (χ1) is 19.8. The molecule has 41 heavy (non-hydrogen) atoms. The van der Waals surface area contributed by atoms with E-state index in [1.807, 2.05) is 24.3 Å². The van der Waals surface area contributed by atoms with Crippen LogP contribution in [0.5, 0.6) is 5.75 Å². The molecule has 2 aromatic rings. The van der Waals surface area contributed by atoms with Crippen molar-refractivity contribution < 1.29 is 9.90 Å². The van der Waals surface area contributed by atoms with E-state index < -0.39 is 0 Å². The first-order valence-electron chi connectivity index (χ1n) is 16.2. The van der Waals surface area contributed by atoms with E-state index >= 15 is 0 Å². The van der Waals surface area contributed by atoms with Crippen molar-refractivity contribution in [1.29, 1.82) is 0 Å². The molecule has 5 nitrogen and oxygen atoms in total. The van der Waals surface area contributed by atoms with Gasteiger partial charge in [-0.25, -0.2) is 0 Å². The lowest BCUT2D eigenvalue weighted by Gasteiger charge is -2.56. The minimum atomic E-state index is 0.121. The second-order valence-corrected chi connectivity index (χ2v) is 13.2. The summed E-state index contributed by atoms with van der Waals surface area (Å²) < 4.78 is 0. The Morgan fingerprint density at radius 2 is 1.93 bits per heavy atom. The van der Waals surface area contributed by atoms with Crippen molar-refractivity contribution in [1.82, 2.24) is 15.5 Å². The number of fused-ring (bicyclic) bond motifs is 2. The van der Waals surface area contributed by atoms with E-state index in [9.17, 15) is 9.90 Å². The third-order valence-electron chi connectivity index (χ3n) is 11.0. The monoisotopic (exact) mass is 561 g/mol. The van der Waals surface area contributed by atoms with E-state index in [-0.39, 0.29) is 5.41 Å². The molecular weight excluding hydrogens is 506 g/mol. The number of carbonyl (C=O) groups excluding carboxylic acids is 1. The van der Waals surface area contributed by atoms with Gasteiger partial charge in [-0.1, -0.05) is 57.2 Å². The van der Waals surface area contributed by atoms with Crippen LogP contribution in [0.3, 0.4) is 0 Å². The Bertz CT molecular complexity index is 1100. The van der Waals surface area contributed by atoms with Crippen molar-refractivity contribution >= 4 is 6.29 Å². The molecule has 5 unspecified atom stereocenters. The number of benzene rings is 2. The molecule has 1 heterocycles. The van der Waals surface area contributed by atoms with E-state index in [4.69, 9.17) is 0 Å². The molecule has 2 saturated carbocycles. The Hall–Kier alpha value is -2.21. The van der Waals surface area contributed by atoms with Gasteiger partial charge in [-0.05, 0) is 132 Å². The normalized spacial score (nSPS) is 31.0. The molecule has 2 bridgehead atoms. The Morgan fingerprint density at radius 3 is 2.54 bits per heavy atom. The van der Waals surface area contributed by atoms with E-state index in [1.54, 1.807) is 12.1 Å². The van der Waals surface area contributed by atoms with Gasteiger partial charge in [-0.15, -0.1) is 0 Å². The fraction of sp³-hybridized carbons (Fsp3) is 0.639. The first kappa shape index (κ1) is 31.7. The third-order valence-corrected chi connectivity index (χ3v) is 11.0. The molecule has 0 amide bonds. The maximum absolute atomic E-state index is 10.7. The quantitative estimate of drug-likeness (QED) is 0.291. The number of phenolic OH excluding ortho intramolecular Hbond substituents is 1. The van der Waals surface area contributed by atoms with Crippen LogP contribution in [-0.2, 0) is 11.8 Å². The molecule has 1 aliphatic heterocycles. The fourth-order valence-corrected chi connectivity index (χ4v) is 9.23. The molecule has 0 radical (unpaired) electrons. The van der Waals surface area contributed by atoms with Gasteiger partial charge >= 0.3 is 0 Å². The topological polar surface area (TPSA) is 64.6 Å². The van der Waals surface area contributed by atoms with Crippen LogP contribution in [-0.4, -0.2) is 62.6 Å². The predicted octanol–water partition coefficient (Wildman–Crippen LogP) is 6.45. The van der Waals surface area contributed by atoms with Crippen molar-refractivity contribution in [2.24, 2.45) is 23.2 Å². The summed E-state index contributed by atoms with van der Waals surface area (Å²) in [7, 11) is 4.51. The van der Waals surface area contributed by atoms with Crippen molar-refractivity contribution in [2.45, 2.75) is 83.6 Å². The molecule has 3 N–H and O–H groups in total. The Kier molecular flexibility index (Phi) is 11.1. The lowest BCUT2D eigenvalue weighted by molar-refractivity contribution is 0.0201. The lowest BCUT2D eigenvalue weighted by Crippen LogP contribution is -2.57. The fourth-order valence-electron chi connectivity index (χ4n) is 9.23. The molecule has 3 fully saturated rings. The number of nitrogens with zero attached hydrogens (tertiary/aromatic N) is 1. The van der Waals surface area contributed by atoms with Crippen LogP contribution < -0.4 is 10.6 Å². The summed E-state index contributed by atoms with van der Waals surface area (Å²) in [6.45, 7) is 11.9. The van der Waals surface area contributed by atoms with Gasteiger partial charge in [0.1, 0.15) is 12.0 Å². The summed E-state index contributed by atoms with van der Waals surface area (Å²) in [6, 6.07) is 15.9. The maximum Gasteiger partial charge on any atom is 0.150 e. The SMILES string of the molecule is CCc1ccc(O)cc1C1(CCN(C)CC2CCCNC2)C2C(NC)CCC1(CC)C[C@@H]2C.O=Cc1ccccc1. The summed E-state index contributed by atoms with van der Waals surface area (Å²) in [5.74, 6) is 2.53. The average molecular weight is 562 g/mol. The van der Waals surface area contributed by atoms with Gasteiger partial charge in [0.15, 0.2) is 0 Å².